The summed E-state index contributed by atoms with van der Waals surface area (Å²) in [6, 6.07) is 12.8. The molecule has 0 radical (unpaired) electrons. The van der Waals surface area contributed by atoms with Crippen molar-refractivity contribution < 1.29 is 14.6 Å². The molecule has 0 unspecified atom stereocenters. The van der Waals surface area contributed by atoms with Crippen molar-refractivity contribution in [3.63, 3.8) is 0 Å². The van der Waals surface area contributed by atoms with Crippen LogP contribution >= 0.6 is 0 Å². The van der Waals surface area contributed by atoms with E-state index in [1.54, 1.807) is 18.3 Å². The standard InChI is InChI=1S/C16H12N2O3/c19-16(20)15-12(6-3-9-18-15)10-21-13-7-1-4-11-5-2-8-17-14(11)13/h1-9H,10H2,(H,19,20). The average Bonchev–Trinajstić information content (AvgIpc) is 2.53. The van der Waals surface area contributed by atoms with Gasteiger partial charge in [-0.3, -0.25) is 4.98 Å². The summed E-state index contributed by atoms with van der Waals surface area (Å²) in [7, 11) is 0. The number of para-hydroxylation sites is 1. The Hall–Kier alpha value is -2.95. The molecule has 0 spiro atoms. The summed E-state index contributed by atoms with van der Waals surface area (Å²) in [5.74, 6) is -0.446. The molecule has 0 saturated carbocycles. The number of aromatic carboxylic acids is 1. The third kappa shape index (κ3) is 2.67. The van der Waals surface area contributed by atoms with Gasteiger partial charge in [0.2, 0.25) is 0 Å². The Labute approximate surface area is 120 Å². The van der Waals surface area contributed by atoms with Gasteiger partial charge in [0.1, 0.15) is 17.9 Å². The van der Waals surface area contributed by atoms with Gasteiger partial charge in [0.05, 0.1) is 0 Å². The molecule has 21 heavy (non-hydrogen) atoms. The minimum atomic E-state index is -1.06. The van der Waals surface area contributed by atoms with Crippen LogP contribution < -0.4 is 4.74 Å². The molecular weight excluding hydrogens is 268 g/mol. The number of benzene rings is 1. The predicted octanol–water partition coefficient (Wildman–Crippen LogP) is 2.91. The molecule has 2 heterocycles. The molecule has 0 amide bonds. The molecule has 3 aromatic rings. The first kappa shape index (κ1) is 13.1. The van der Waals surface area contributed by atoms with E-state index < -0.39 is 5.97 Å². The minimum Gasteiger partial charge on any atom is -0.487 e. The van der Waals surface area contributed by atoms with Crippen LogP contribution in [0.25, 0.3) is 10.9 Å². The van der Waals surface area contributed by atoms with Crippen LogP contribution in [-0.2, 0) is 6.61 Å². The zero-order valence-electron chi connectivity index (χ0n) is 11.1. The highest BCUT2D eigenvalue weighted by atomic mass is 16.5. The van der Waals surface area contributed by atoms with Gasteiger partial charge in [-0.25, -0.2) is 9.78 Å². The normalized spacial score (nSPS) is 10.5. The molecule has 0 saturated heterocycles. The zero-order valence-corrected chi connectivity index (χ0v) is 11.1. The molecule has 1 aromatic carbocycles. The number of carbonyl (C=O) groups is 1. The fraction of sp³-hybridized carbons (Fsp3) is 0.0625. The summed E-state index contributed by atoms with van der Waals surface area (Å²) in [4.78, 5) is 19.3. The largest absolute Gasteiger partial charge is 0.487 e. The van der Waals surface area contributed by atoms with Crippen LogP contribution in [0.5, 0.6) is 5.75 Å². The number of nitrogens with zero attached hydrogens (tertiary/aromatic N) is 2. The van der Waals surface area contributed by atoms with Crippen LogP contribution in [0.3, 0.4) is 0 Å². The van der Waals surface area contributed by atoms with Crippen molar-refractivity contribution in [2.45, 2.75) is 6.61 Å². The molecule has 0 atom stereocenters. The molecule has 0 fully saturated rings. The Kier molecular flexibility index (Phi) is 3.47. The highest BCUT2D eigenvalue weighted by Crippen LogP contribution is 2.24. The molecule has 5 nitrogen and oxygen atoms in total. The van der Waals surface area contributed by atoms with Gasteiger partial charge in [-0.05, 0) is 18.2 Å². The highest BCUT2D eigenvalue weighted by molar-refractivity contribution is 5.87. The SMILES string of the molecule is O=C(O)c1ncccc1COc1cccc2cccnc12. The van der Waals surface area contributed by atoms with Crippen molar-refractivity contribution in [3.05, 3.63) is 66.1 Å². The quantitative estimate of drug-likeness (QED) is 0.795. The van der Waals surface area contributed by atoms with Crippen molar-refractivity contribution in [1.29, 1.82) is 0 Å². The molecule has 2 aromatic heterocycles. The number of fused-ring (bicyclic) bond motifs is 1. The third-order valence-electron chi connectivity index (χ3n) is 3.07. The molecule has 0 bridgehead atoms. The van der Waals surface area contributed by atoms with Crippen LogP contribution in [0.1, 0.15) is 16.1 Å². The van der Waals surface area contributed by atoms with Gasteiger partial charge >= 0.3 is 5.97 Å². The summed E-state index contributed by atoms with van der Waals surface area (Å²) in [5, 5.41) is 10.1. The highest BCUT2D eigenvalue weighted by Gasteiger charge is 2.12. The second-order valence-electron chi connectivity index (χ2n) is 4.44. The minimum absolute atomic E-state index is 0.00527. The van der Waals surface area contributed by atoms with Crippen molar-refractivity contribution in [2.75, 3.05) is 0 Å². The van der Waals surface area contributed by atoms with Crippen LogP contribution in [0.2, 0.25) is 0 Å². The Balaban J connectivity index is 1.89. The number of pyridine rings is 2. The first-order valence-corrected chi connectivity index (χ1v) is 6.39. The fourth-order valence-electron chi connectivity index (χ4n) is 2.10. The Morgan fingerprint density at radius 1 is 1.05 bits per heavy atom. The number of carboxylic acid groups (broad SMARTS) is 1. The van der Waals surface area contributed by atoms with Gasteiger partial charge in [-0.15, -0.1) is 0 Å². The molecule has 5 heteroatoms. The maximum Gasteiger partial charge on any atom is 0.354 e. The number of aromatic nitrogens is 2. The Morgan fingerprint density at radius 2 is 1.81 bits per heavy atom. The third-order valence-corrected chi connectivity index (χ3v) is 3.07. The van der Waals surface area contributed by atoms with Crippen molar-refractivity contribution in [2.24, 2.45) is 0 Å². The molecule has 104 valence electrons. The van der Waals surface area contributed by atoms with E-state index in [1.165, 1.54) is 6.20 Å². The second kappa shape index (κ2) is 5.58. The van der Waals surface area contributed by atoms with Gasteiger partial charge in [0, 0.05) is 23.3 Å². The smallest absolute Gasteiger partial charge is 0.354 e. The molecule has 1 N–H and O–H groups in total. The van der Waals surface area contributed by atoms with Crippen molar-refractivity contribution in [3.8, 4) is 5.75 Å². The van der Waals surface area contributed by atoms with E-state index in [-0.39, 0.29) is 12.3 Å². The predicted molar refractivity (Wildman–Crippen MR) is 77.3 cm³/mol. The number of hydrogen-bond donors (Lipinski definition) is 1. The van der Waals surface area contributed by atoms with E-state index in [2.05, 4.69) is 9.97 Å². The van der Waals surface area contributed by atoms with Gasteiger partial charge in [0.25, 0.3) is 0 Å². The van der Waals surface area contributed by atoms with E-state index in [9.17, 15) is 4.79 Å². The van der Waals surface area contributed by atoms with Crippen LogP contribution in [-0.4, -0.2) is 21.0 Å². The lowest BCUT2D eigenvalue weighted by molar-refractivity contribution is 0.0687. The number of rotatable bonds is 4. The molecule has 0 aliphatic heterocycles. The molecule has 0 aliphatic rings. The summed E-state index contributed by atoms with van der Waals surface area (Å²) in [6.07, 6.45) is 3.15. The first-order chi connectivity index (χ1) is 10.3. The maximum atomic E-state index is 11.1. The molecule has 3 rings (SSSR count). The lowest BCUT2D eigenvalue weighted by Crippen LogP contribution is -2.08. The monoisotopic (exact) mass is 280 g/mol. The number of carboxylic acids is 1. The van der Waals surface area contributed by atoms with E-state index >= 15 is 0 Å². The fourth-order valence-corrected chi connectivity index (χ4v) is 2.10. The van der Waals surface area contributed by atoms with Crippen LogP contribution in [0.4, 0.5) is 0 Å². The molecule has 0 aliphatic carbocycles. The summed E-state index contributed by atoms with van der Waals surface area (Å²) in [6.45, 7) is 0.130. The average molecular weight is 280 g/mol. The summed E-state index contributed by atoms with van der Waals surface area (Å²) >= 11 is 0. The Bertz CT molecular complexity index is 797. The zero-order chi connectivity index (χ0) is 14.7. The summed E-state index contributed by atoms with van der Waals surface area (Å²) in [5.41, 5.74) is 1.28. The number of ether oxygens (including phenoxy) is 1. The lowest BCUT2D eigenvalue weighted by Gasteiger charge is -2.09. The number of hydrogen-bond acceptors (Lipinski definition) is 4. The van der Waals surface area contributed by atoms with Gasteiger partial charge in [0.15, 0.2) is 5.69 Å². The van der Waals surface area contributed by atoms with Gasteiger partial charge < -0.3 is 9.84 Å². The van der Waals surface area contributed by atoms with E-state index in [1.807, 2.05) is 30.3 Å². The summed E-state index contributed by atoms with van der Waals surface area (Å²) < 4.78 is 5.73. The van der Waals surface area contributed by atoms with Gasteiger partial charge in [-0.1, -0.05) is 24.3 Å². The van der Waals surface area contributed by atoms with Gasteiger partial charge in [-0.2, -0.15) is 0 Å². The first-order valence-electron chi connectivity index (χ1n) is 6.39. The lowest BCUT2D eigenvalue weighted by atomic mass is 10.2. The molecular formula is C16H12N2O3. The van der Waals surface area contributed by atoms with E-state index in [0.29, 0.717) is 11.3 Å². The second-order valence-corrected chi connectivity index (χ2v) is 4.44. The van der Waals surface area contributed by atoms with Crippen LogP contribution in [0, 0.1) is 0 Å². The Morgan fingerprint density at radius 3 is 2.67 bits per heavy atom. The maximum absolute atomic E-state index is 11.1. The van der Waals surface area contributed by atoms with Crippen LogP contribution in [0.15, 0.2) is 54.9 Å². The van der Waals surface area contributed by atoms with E-state index in [0.717, 1.165) is 10.9 Å². The van der Waals surface area contributed by atoms with Crippen molar-refractivity contribution in [1.82, 2.24) is 9.97 Å². The van der Waals surface area contributed by atoms with E-state index in [4.69, 9.17) is 9.84 Å². The topological polar surface area (TPSA) is 72.3 Å². The van der Waals surface area contributed by atoms with Crippen molar-refractivity contribution >= 4 is 16.9 Å².